The van der Waals surface area contributed by atoms with Gasteiger partial charge in [0.15, 0.2) is 11.6 Å². The fourth-order valence-corrected chi connectivity index (χ4v) is 2.32. The maximum atomic E-state index is 14.0. The summed E-state index contributed by atoms with van der Waals surface area (Å²) < 4.78 is 27.6. The minimum Gasteiger partial charge on any atom is -0.314 e. The molecular formula is C14H20Cl2F2N2. The first kappa shape index (κ1) is 19.3. The highest BCUT2D eigenvalue weighted by Crippen LogP contribution is 2.27. The van der Waals surface area contributed by atoms with E-state index in [9.17, 15) is 8.78 Å². The smallest absolute Gasteiger partial charge is 0.164 e. The minimum atomic E-state index is -0.755. The van der Waals surface area contributed by atoms with Crippen molar-refractivity contribution in [1.82, 2.24) is 10.2 Å². The SMILES string of the molecule is C=C[C@@H](c1ccc(C)c(F)c1F)N1CCNCC1.Cl.Cl. The molecule has 1 aromatic carbocycles. The zero-order valence-corrected chi connectivity index (χ0v) is 13.0. The second-order valence-corrected chi connectivity index (χ2v) is 4.57. The normalized spacial score (nSPS) is 16.8. The molecule has 0 saturated carbocycles. The Morgan fingerprint density at radius 2 is 1.80 bits per heavy atom. The third-order valence-electron chi connectivity index (χ3n) is 3.39. The van der Waals surface area contributed by atoms with E-state index in [2.05, 4.69) is 16.8 Å². The van der Waals surface area contributed by atoms with Gasteiger partial charge in [0.2, 0.25) is 0 Å². The molecule has 1 N–H and O–H groups in total. The second kappa shape index (κ2) is 8.57. The zero-order chi connectivity index (χ0) is 13.1. The van der Waals surface area contributed by atoms with Crippen LogP contribution in [0.1, 0.15) is 17.2 Å². The van der Waals surface area contributed by atoms with Gasteiger partial charge in [0.25, 0.3) is 0 Å². The number of benzene rings is 1. The van der Waals surface area contributed by atoms with E-state index >= 15 is 0 Å². The van der Waals surface area contributed by atoms with Crippen LogP contribution < -0.4 is 5.32 Å². The quantitative estimate of drug-likeness (QED) is 0.858. The van der Waals surface area contributed by atoms with E-state index in [-0.39, 0.29) is 30.9 Å². The summed E-state index contributed by atoms with van der Waals surface area (Å²) in [6.07, 6.45) is 1.68. The lowest BCUT2D eigenvalue weighted by atomic mass is 10.0. The van der Waals surface area contributed by atoms with Gasteiger partial charge in [-0.3, -0.25) is 4.90 Å². The summed E-state index contributed by atoms with van der Waals surface area (Å²) >= 11 is 0. The van der Waals surface area contributed by atoms with Crippen molar-refractivity contribution in [2.24, 2.45) is 0 Å². The van der Waals surface area contributed by atoms with Crippen molar-refractivity contribution in [2.75, 3.05) is 26.2 Å². The summed E-state index contributed by atoms with van der Waals surface area (Å²) in [5, 5.41) is 3.24. The van der Waals surface area contributed by atoms with Gasteiger partial charge in [-0.25, -0.2) is 8.78 Å². The van der Waals surface area contributed by atoms with E-state index in [0.717, 1.165) is 26.2 Å². The van der Waals surface area contributed by atoms with Crippen LogP contribution in [-0.2, 0) is 0 Å². The van der Waals surface area contributed by atoms with E-state index in [1.165, 1.54) is 0 Å². The van der Waals surface area contributed by atoms with Crippen LogP contribution >= 0.6 is 24.8 Å². The maximum absolute atomic E-state index is 14.0. The summed E-state index contributed by atoms with van der Waals surface area (Å²) in [5.41, 5.74) is 0.703. The predicted octanol–water partition coefficient (Wildman–Crippen LogP) is 3.25. The molecule has 1 aliphatic heterocycles. The monoisotopic (exact) mass is 324 g/mol. The van der Waals surface area contributed by atoms with Gasteiger partial charge in [0.05, 0.1) is 6.04 Å². The van der Waals surface area contributed by atoms with Gasteiger partial charge >= 0.3 is 0 Å². The lowest BCUT2D eigenvalue weighted by molar-refractivity contribution is 0.199. The van der Waals surface area contributed by atoms with Crippen LogP contribution in [0, 0.1) is 18.6 Å². The average Bonchev–Trinajstić information content (AvgIpc) is 2.41. The van der Waals surface area contributed by atoms with Gasteiger partial charge in [-0.2, -0.15) is 0 Å². The van der Waals surface area contributed by atoms with Gasteiger partial charge in [0.1, 0.15) is 0 Å². The van der Waals surface area contributed by atoms with Gasteiger partial charge < -0.3 is 5.32 Å². The van der Waals surface area contributed by atoms with Gasteiger partial charge in [-0.05, 0) is 12.5 Å². The summed E-state index contributed by atoms with van der Waals surface area (Å²) in [4.78, 5) is 2.11. The Morgan fingerprint density at radius 3 is 2.35 bits per heavy atom. The largest absolute Gasteiger partial charge is 0.314 e. The van der Waals surface area contributed by atoms with Crippen molar-refractivity contribution < 1.29 is 8.78 Å². The van der Waals surface area contributed by atoms with E-state index in [0.29, 0.717) is 11.1 Å². The third-order valence-corrected chi connectivity index (χ3v) is 3.39. The van der Waals surface area contributed by atoms with Gasteiger partial charge in [-0.1, -0.05) is 18.2 Å². The molecule has 0 amide bonds. The molecule has 0 bridgehead atoms. The highest BCUT2D eigenvalue weighted by atomic mass is 35.5. The van der Waals surface area contributed by atoms with Crippen molar-refractivity contribution in [2.45, 2.75) is 13.0 Å². The highest BCUT2D eigenvalue weighted by molar-refractivity contribution is 5.85. The molecule has 1 aliphatic rings. The molecule has 0 radical (unpaired) electrons. The predicted molar refractivity (Wildman–Crippen MR) is 83.0 cm³/mol. The van der Waals surface area contributed by atoms with Crippen LogP contribution in [-0.4, -0.2) is 31.1 Å². The molecule has 0 aliphatic carbocycles. The standard InChI is InChI=1S/C14H18F2N2.2ClH/c1-3-12(18-8-6-17-7-9-18)11-5-4-10(2)13(15)14(11)16;;/h3-5,12,17H,1,6-9H2,2H3;2*1H/t12-;;/m0../s1. The lowest BCUT2D eigenvalue weighted by Gasteiger charge is -2.33. The molecule has 1 aromatic rings. The molecule has 0 aromatic heterocycles. The molecule has 2 nitrogen and oxygen atoms in total. The Morgan fingerprint density at radius 1 is 1.20 bits per heavy atom. The minimum absolute atomic E-state index is 0. The molecule has 2 rings (SSSR count). The van der Waals surface area contributed by atoms with Crippen LogP contribution in [0.3, 0.4) is 0 Å². The number of nitrogens with zero attached hydrogens (tertiary/aromatic N) is 1. The van der Waals surface area contributed by atoms with Crippen LogP contribution in [0.25, 0.3) is 0 Å². The summed E-state index contributed by atoms with van der Waals surface area (Å²) in [5.74, 6) is -1.51. The average molecular weight is 325 g/mol. The molecule has 0 unspecified atom stereocenters. The second-order valence-electron chi connectivity index (χ2n) is 4.57. The maximum Gasteiger partial charge on any atom is 0.164 e. The Hall–Kier alpha value is -0.680. The first-order valence-electron chi connectivity index (χ1n) is 6.17. The van der Waals surface area contributed by atoms with Crippen LogP contribution in [0.2, 0.25) is 0 Å². The highest BCUT2D eigenvalue weighted by Gasteiger charge is 2.23. The number of hydrogen-bond acceptors (Lipinski definition) is 2. The number of halogens is 4. The van der Waals surface area contributed by atoms with Crippen LogP contribution in [0.15, 0.2) is 24.8 Å². The molecule has 114 valence electrons. The van der Waals surface area contributed by atoms with E-state index in [1.54, 1.807) is 25.1 Å². The van der Waals surface area contributed by atoms with Crippen LogP contribution in [0.4, 0.5) is 8.78 Å². The summed E-state index contributed by atoms with van der Waals surface area (Å²) in [7, 11) is 0. The lowest BCUT2D eigenvalue weighted by Crippen LogP contribution is -2.44. The van der Waals surface area contributed by atoms with Gasteiger partial charge in [-0.15, -0.1) is 31.4 Å². The molecular weight excluding hydrogens is 305 g/mol. The number of hydrogen-bond donors (Lipinski definition) is 1. The van der Waals surface area contributed by atoms with Crippen molar-refractivity contribution in [3.05, 3.63) is 47.5 Å². The fourth-order valence-electron chi connectivity index (χ4n) is 2.32. The Bertz CT molecular complexity index is 449. The topological polar surface area (TPSA) is 15.3 Å². The number of rotatable bonds is 3. The molecule has 20 heavy (non-hydrogen) atoms. The van der Waals surface area contributed by atoms with Gasteiger partial charge in [0, 0.05) is 31.7 Å². The Labute approximate surface area is 131 Å². The Balaban J connectivity index is 0.00000180. The van der Waals surface area contributed by atoms with Crippen molar-refractivity contribution in [1.29, 1.82) is 0 Å². The first-order chi connectivity index (χ1) is 8.65. The number of piperazine rings is 1. The van der Waals surface area contributed by atoms with Crippen molar-refractivity contribution in [3.8, 4) is 0 Å². The Kier molecular flexibility index (Phi) is 8.28. The van der Waals surface area contributed by atoms with Crippen molar-refractivity contribution in [3.63, 3.8) is 0 Å². The van der Waals surface area contributed by atoms with E-state index < -0.39 is 11.6 Å². The van der Waals surface area contributed by atoms with E-state index in [4.69, 9.17) is 0 Å². The molecule has 1 fully saturated rings. The molecule has 0 spiro atoms. The summed E-state index contributed by atoms with van der Waals surface area (Å²) in [6.45, 7) is 8.67. The van der Waals surface area contributed by atoms with E-state index in [1.807, 2.05) is 0 Å². The fraction of sp³-hybridized carbons (Fsp3) is 0.429. The zero-order valence-electron chi connectivity index (χ0n) is 11.4. The third kappa shape index (κ3) is 3.92. The molecule has 1 atom stereocenters. The van der Waals surface area contributed by atoms with Crippen LogP contribution in [0.5, 0.6) is 0 Å². The summed E-state index contributed by atoms with van der Waals surface area (Å²) in [6, 6.07) is 3.01. The van der Waals surface area contributed by atoms with Crippen molar-refractivity contribution >= 4 is 24.8 Å². The number of nitrogens with one attached hydrogen (secondary N) is 1. The first-order valence-corrected chi connectivity index (χ1v) is 6.17. The molecule has 1 saturated heterocycles. The number of aryl methyl sites for hydroxylation is 1. The molecule has 6 heteroatoms. The molecule has 1 heterocycles.